The number of rotatable bonds is 5. The van der Waals surface area contributed by atoms with E-state index in [1.807, 2.05) is 12.1 Å². The van der Waals surface area contributed by atoms with Gasteiger partial charge in [-0.15, -0.1) is 0 Å². The summed E-state index contributed by atoms with van der Waals surface area (Å²) in [6.07, 6.45) is 0.110. The van der Waals surface area contributed by atoms with E-state index >= 15 is 0 Å². The van der Waals surface area contributed by atoms with Crippen molar-refractivity contribution in [1.29, 1.82) is 0 Å². The minimum atomic E-state index is -3.34. The second kappa shape index (κ2) is 8.30. The molecule has 3 rings (SSSR count). The SMILES string of the molecule is CC(C)S(=O)(=O)c1ccc(CC(=O)Nc2ccc3c(C(C)(C)C)cc(=O)[nH]c3c2)cc1. The van der Waals surface area contributed by atoms with Gasteiger partial charge in [0.05, 0.1) is 22.1 Å². The van der Waals surface area contributed by atoms with E-state index in [4.69, 9.17) is 0 Å². The molecule has 0 aliphatic carbocycles. The normalized spacial score (nSPS) is 12.3. The number of fused-ring (bicyclic) bond motifs is 1. The zero-order valence-electron chi connectivity index (χ0n) is 18.4. The summed E-state index contributed by atoms with van der Waals surface area (Å²) in [7, 11) is -3.34. The molecule has 1 heterocycles. The Labute approximate surface area is 182 Å². The van der Waals surface area contributed by atoms with Crippen LogP contribution in [0.5, 0.6) is 0 Å². The van der Waals surface area contributed by atoms with Gasteiger partial charge in [0.25, 0.3) is 0 Å². The van der Waals surface area contributed by atoms with E-state index in [2.05, 4.69) is 31.1 Å². The Morgan fingerprint density at radius 2 is 1.68 bits per heavy atom. The molecule has 0 spiro atoms. The standard InChI is InChI=1S/C24H28N2O4S/c1-15(2)31(29,30)18-9-6-16(7-10-18)12-22(27)25-17-8-11-19-20(24(3,4)5)14-23(28)26-21(19)13-17/h6-11,13-15H,12H2,1-5H3,(H,25,27)(H,26,28). The molecule has 0 aliphatic heterocycles. The fraction of sp³-hybridized carbons (Fsp3) is 0.333. The van der Waals surface area contributed by atoms with Crippen molar-refractivity contribution in [2.24, 2.45) is 0 Å². The van der Waals surface area contributed by atoms with Crippen LogP contribution in [-0.4, -0.2) is 24.6 Å². The summed E-state index contributed by atoms with van der Waals surface area (Å²) >= 11 is 0. The third-order valence-corrected chi connectivity index (χ3v) is 7.34. The minimum Gasteiger partial charge on any atom is -0.326 e. The average molecular weight is 441 g/mol. The number of hydrogen-bond donors (Lipinski definition) is 2. The second-order valence-electron chi connectivity index (χ2n) is 9.02. The van der Waals surface area contributed by atoms with Crippen molar-refractivity contribution < 1.29 is 13.2 Å². The van der Waals surface area contributed by atoms with Crippen LogP contribution in [0, 0.1) is 0 Å². The molecule has 164 valence electrons. The van der Waals surface area contributed by atoms with E-state index in [0.717, 1.165) is 10.9 Å². The van der Waals surface area contributed by atoms with Crippen LogP contribution in [0.15, 0.2) is 58.2 Å². The number of H-pyrrole nitrogens is 1. The maximum Gasteiger partial charge on any atom is 0.248 e. The summed E-state index contributed by atoms with van der Waals surface area (Å²) in [6.45, 7) is 9.42. The highest BCUT2D eigenvalue weighted by atomic mass is 32.2. The molecule has 1 aromatic heterocycles. The molecule has 0 radical (unpaired) electrons. The lowest BCUT2D eigenvalue weighted by Gasteiger charge is -2.21. The Balaban J connectivity index is 1.79. The summed E-state index contributed by atoms with van der Waals surface area (Å²) in [5.74, 6) is -0.229. The summed E-state index contributed by atoms with van der Waals surface area (Å²) in [5.41, 5.74) is 2.53. The van der Waals surface area contributed by atoms with Crippen molar-refractivity contribution >= 4 is 32.3 Å². The largest absolute Gasteiger partial charge is 0.326 e. The van der Waals surface area contributed by atoms with Crippen LogP contribution in [0.3, 0.4) is 0 Å². The Kier molecular flexibility index (Phi) is 6.09. The first-order valence-corrected chi connectivity index (χ1v) is 11.7. The van der Waals surface area contributed by atoms with Crippen LogP contribution in [0.25, 0.3) is 10.9 Å². The smallest absolute Gasteiger partial charge is 0.248 e. The van der Waals surface area contributed by atoms with E-state index in [0.29, 0.717) is 16.8 Å². The van der Waals surface area contributed by atoms with Gasteiger partial charge >= 0.3 is 0 Å². The van der Waals surface area contributed by atoms with E-state index in [-0.39, 0.29) is 28.2 Å². The number of sulfone groups is 1. The van der Waals surface area contributed by atoms with Gasteiger partial charge in [-0.05, 0) is 54.7 Å². The van der Waals surface area contributed by atoms with Crippen molar-refractivity contribution in [3.05, 3.63) is 70.0 Å². The van der Waals surface area contributed by atoms with Crippen LogP contribution >= 0.6 is 0 Å². The molecular weight excluding hydrogens is 412 g/mol. The van der Waals surface area contributed by atoms with Gasteiger partial charge in [0.1, 0.15) is 0 Å². The van der Waals surface area contributed by atoms with Gasteiger partial charge in [-0.25, -0.2) is 8.42 Å². The van der Waals surface area contributed by atoms with Gasteiger partial charge in [0, 0.05) is 17.1 Å². The molecule has 0 aliphatic rings. The predicted molar refractivity (Wildman–Crippen MR) is 124 cm³/mol. The van der Waals surface area contributed by atoms with Crippen LogP contribution in [0.1, 0.15) is 45.7 Å². The number of amides is 1. The molecule has 1 amide bonds. The first kappa shape index (κ1) is 22.7. The number of nitrogens with one attached hydrogen (secondary N) is 2. The topological polar surface area (TPSA) is 96.1 Å². The molecule has 0 unspecified atom stereocenters. The number of aromatic nitrogens is 1. The Hall–Kier alpha value is -2.93. The van der Waals surface area contributed by atoms with E-state index in [1.165, 1.54) is 12.1 Å². The predicted octanol–water partition coefficient (Wildman–Crippen LogP) is 4.19. The number of carbonyl (C=O) groups is 1. The molecule has 2 aromatic carbocycles. The molecule has 3 aromatic rings. The molecule has 31 heavy (non-hydrogen) atoms. The Morgan fingerprint density at radius 1 is 1.03 bits per heavy atom. The fourth-order valence-electron chi connectivity index (χ4n) is 3.42. The number of hydrogen-bond acceptors (Lipinski definition) is 4. The number of aromatic amines is 1. The minimum absolute atomic E-state index is 0.110. The highest BCUT2D eigenvalue weighted by Gasteiger charge is 2.20. The highest BCUT2D eigenvalue weighted by molar-refractivity contribution is 7.92. The van der Waals surface area contributed by atoms with Gasteiger partial charge in [0.15, 0.2) is 9.84 Å². The summed E-state index contributed by atoms with van der Waals surface area (Å²) in [6, 6.07) is 13.5. The van der Waals surface area contributed by atoms with Gasteiger partial charge in [-0.3, -0.25) is 9.59 Å². The van der Waals surface area contributed by atoms with Crippen molar-refractivity contribution in [3.63, 3.8) is 0 Å². The first-order chi connectivity index (χ1) is 14.4. The third kappa shape index (κ3) is 5.05. The zero-order chi connectivity index (χ0) is 23.0. The maximum absolute atomic E-state index is 12.5. The molecule has 2 N–H and O–H groups in total. The van der Waals surface area contributed by atoms with Crippen molar-refractivity contribution in [1.82, 2.24) is 4.98 Å². The molecule has 0 atom stereocenters. The number of pyridine rings is 1. The Bertz CT molecular complexity index is 1280. The van der Waals surface area contributed by atoms with E-state index < -0.39 is 15.1 Å². The zero-order valence-corrected chi connectivity index (χ0v) is 19.3. The van der Waals surface area contributed by atoms with E-state index in [9.17, 15) is 18.0 Å². The third-order valence-electron chi connectivity index (χ3n) is 5.17. The maximum atomic E-state index is 12.5. The molecule has 0 saturated carbocycles. The van der Waals surface area contributed by atoms with Gasteiger partial charge < -0.3 is 10.3 Å². The van der Waals surface area contributed by atoms with Crippen molar-refractivity contribution in [2.45, 2.75) is 56.6 Å². The summed E-state index contributed by atoms with van der Waals surface area (Å²) in [4.78, 5) is 27.7. The molecular formula is C24H28N2O4S. The van der Waals surface area contributed by atoms with Crippen LogP contribution < -0.4 is 10.9 Å². The molecule has 6 nitrogen and oxygen atoms in total. The van der Waals surface area contributed by atoms with Crippen LogP contribution in [0.4, 0.5) is 5.69 Å². The monoisotopic (exact) mass is 440 g/mol. The summed E-state index contributed by atoms with van der Waals surface area (Å²) < 4.78 is 24.4. The molecule has 0 saturated heterocycles. The summed E-state index contributed by atoms with van der Waals surface area (Å²) in [5, 5.41) is 3.28. The second-order valence-corrected chi connectivity index (χ2v) is 11.5. The number of anilines is 1. The highest BCUT2D eigenvalue weighted by Crippen LogP contribution is 2.29. The first-order valence-electron chi connectivity index (χ1n) is 10.2. The van der Waals surface area contributed by atoms with E-state index in [1.54, 1.807) is 38.1 Å². The lowest BCUT2D eigenvalue weighted by Crippen LogP contribution is -2.18. The average Bonchev–Trinajstić information content (AvgIpc) is 2.66. The van der Waals surface area contributed by atoms with Crippen LogP contribution in [-0.2, 0) is 26.5 Å². The fourth-order valence-corrected chi connectivity index (χ4v) is 4.48. The lowest BCUT2D eigenvalue weighted by atomic mass is 9.85. The van der Waals surface area contributed by atoms with Gasteiger partial charge in [-0.2, -0.15) is 0 Å². The lowest BCUT2D eigenvalue weighted by molar-refractivity contribution is -0.115. The Morgan fingerprint density at radius 3 is 2.26 bits per heavy atom. The number of benzene rings is 2. The van der Waals surface area contributed by atoms with Crippen molar-refractivity contribution in [2.75, 3.05) is 5.32 Å². The van der Waals surface area contributed by atoms with Gasteiger partial charge in [-0.1, -0.05) is 39.0 Å². The van der Waals surface area contributed by atoms with Crippen molar-refractivity contribution in [3.8, 4) is 0 Å². The van der Waals surface area contributed by atoms with Gasteiger partial charge in [0.2, 0.25) is 11.5 Å². The quantitative estimate of drug-likeness (QED) is 0.622. The van der Waals surface area contributed by atoms with Crippen LogP contribution in [0.2, 0.25) is 0 Å². The number of carbonyl (C=O) groups excluding carboxylic acids is 1. The molecule has 0 fully saturated rings. The molecule has 7 heteroatoms. The molecule has 0 bridgehead atoms.